The lowest BCUT2D eigenvalue weighted by molar-refractivity contribution is 1.72. The van der Waals surface area contributed by atoms with Crippen molar-refractivity contribution in [3.8, 4) is 0 Å². The van der Waals surface area contributed by atoms with E-state index in [1.807, 2.05) is 0 Å². The van der Waals surface area contributed by atoms with Crippen LogP contribution in [-0.4, -0.2) is 0 Å². The van der Waals surface area contributed by atoms with Gasteiger partial charge in [0, 0.05) is 16.8 Å². The van der Waals surface area contributed by atoms with Crippen molar-refractivity contribution in [1.29, 1.82) is 0 Å². The topological polar surface area (TPSA) is 0 Å². The molecule has 0 aliphatic heterocycles. The molecule has 7 heteroatoms. The first-order valence-corrected chi connectivity index (χ1v) is 6.72. The van der Waals surface area contributed by atoms with E-state index >= 15 is 0 Å². The van der Waals surface area contributed by atoms with Crippen LogP contribution < -0.4 is 0 Å². The highest BCUT2D eigenvalue weighted by molar-refractivity contribution is 6.59. The molecule has 0 spiro atoms. The lowest BCUT2D eigenvalue weighted by Gasteiger charge is -2.12. The zero-order valence-electron chi connectivity index (χ0n) is 7.65. The summed E-state index contributed by atoms with van der Waals surface area (Å²) in [6.07, 6.45) is 0. The Hall–Kier alpha value is 0.730. The van der Waals surface area contributed by atoms with Crippen LogP contribution in [-0.2, 0) is 0 Å². The van der Waals surface area contributed by atoms with Crippen molar-refractivity contribution in [3.63, 3.8) is 0 Å². The van der Waals surface area contributed by atoms with Gasteiger partial charge in [0.25, 0.3) is 0 Å². The minimum atomic E-state index is 0.103. The largest absolute Gasteiger partial charge is 0.0829 e. The Morgan fingerprint density at radius 1 is 0.471 bits per heavy atom. The summed E-state index contributed by atoms with van der Waals surface area (Å²) in [5, 5.41) is 1.76. The van der Waals surface area contributed by atoms with Gasteiger partial charge in [0.05, 0.1) is 35.2 Å². The Balaban J connectivity index is 3.17. The molecule has 0 amide bonds. The average Bonchev–Trinajstić information content (AvgIpc) is 2.28. The molecule has 0 fully saturated rings. The number of benzene rings is 2. The molecule has 0 unspecified atom stereocenters. The number of rotatable bonds is 0. The maximum Gasteiger partial charge on any atom is 0.0800 e. The fourth-order valence-electron chi connectivity index (χ4n) is 1.37. The maximum absolute atomic E-state index is 6.06. The monoisotopic (exact) mass is 365 g/mol. The van der Waals surface area contributed by atoms with E-state index in [0.29, 0.717) is 10.8 Å². The molecule has 89 valence electrons. The van der Waals surface area contributed by atoms with Crippen LogP contribution in [0.5, 0.6) is 0 Å². The molecule has 2 rings (SSSR count). The average molecular weight is 368 g/mol. The van der Waals surface area contributed by atoms with Crippen LogP contribution in [0.4, 0.5) is 0 Å². The Morgan fingerprint density at radius 3 is 1.47 bits per heavy atom. The van der Waals surface area contributed by atoms with Gasteiger partial charge in [-0.2, -0.15) is 0 Å². The molecule has 1 radical (unpaired) electrons. The van der Waals surface area contributed by atoms with Crippen molar-refractivity contribution >= 4 is 92.0 Å². The second kappa shape index (κ2) is 5.02. The summed E-state index contributed by atoms with van der Waals surface area (Å²) < 4.78 is 0. The molecular formula is C10Cl7. The van der Waals surface area contributed by atoms with Crippen LogP contribution in [0, 0.1) is 6.07 Å². The summed E-state index contributed by atoms with van der Waals surface area (Å²) in [5.41, 5.74) is 0. The van der Waals surface area contributed by atoms with Crippen molar-refractivity contribution in [2.45, 2.75) is 0 Å². The third-order valence-corrected chi connectivity index (χ3v) is 4.96. The quantitative estimate of drug-likeness (QED) is 0.340. The Kier molecular flexibility index (Phi) is 4.17. The lowest BCUT2D eigenvalue weighted by Crippen LogP contribution is -1.85. The zero-order chi connectivity index (χ0) is 12.9. The highest BCUT2D eigenvalue weighted by atomic mass is 35.5. The molecule has 0 aliphatic carbocycles. The SMILES string of the molecule is Clc1[c]c(Cl)c2c(Cl)c(Cl)c(Cl)c(Cl)c2c1Cl. The van der Waals surface area contributed by atoms with Crippen molar-refractivity contribution in [1.82, 2.24) is 0 Å². The highest BCUT2D eigenvalue weighted by Gasteiger charge is 2.21. The second-order valence-corrected chi connectivity index (χ2v) is 5.72. The van der Waals surface area contributed by atoms with Gasteiger partial charge in [0.1, 0.15) is 0 Å². The number of hydrogen-bond acceptors (Lipinski definition) is 0. The molecule has 0 saturated carbocycles. The molecule has 0 aliphatic rings. The zero-order valence-corrected chi connectivity index (χ0v) is 12.9. The third kappa shape index (κ3) is 2.19. The fraction of sp³-hybridized carbons (Fsp3) is 0. The van der Waals surface area contributed by atoms with E-state index < -0.39 is 0 Å². The molecular weight excluding hydrogens is 368 g/mol. The van der Waals surface area contributed by atoms with Crippen LogP contribution in [0.3, 0.4) is 0 Å². The molecule has 0 aromatic heterocycles. The fourth-order valence-corrected chi connectivity index (χ4v) is 3.26. The van der Waals surface area contributed by atoms with Gasteiger partial charge < -0.3 is 0 Å². The van der Waals surface area contributed by atoms with Gasteiger partial charge in [-0.15, -0.1) is 0 Å². The van der Waals surface area contributed by atoms with Crippen LogP contribution in [0.25, 0.3) is 10.8 Å². The van der Waals surface area contributed by atoms with E-state index in [1.54, 1.807) is 0 Å². The van der Waals surface area contributed by atoms with Crippen LogP contribution in [0.15, 0.2) is 0 Å². The van der Waals surface area contributed by atoms with Crippen molar-refractivity contribution in [2.24, 2.45) is 0 Å². The molecule has 0 atom stereocenters. The Labute approximate surface area is 132 Å². The predicted molar refractivity (Wildman–Crippen MR) is 77.9 cm³/mol. The smallest absolute Gasteiger partial charge is 0.0800 e. The highest BCUT2D eigenvalue weighted by Crippen LogP contribution is 2.49. The molecule has 2 aromatic rings. The Bertz CT molecular complexity index is 633. The number of fused-ring (bicyclic) bond motifs is 1. The lowest BCUT2D eigenvalue weighted by atomic mass is 10.1. The number of halogens is 7. The summed E-state index contributed by atoms with van der Waals surface area (Å²) in [7, 11) is 0. The van der Waals surface area contributed by atoms with E-state index in [4.69, 9.17) is 81.2 Å². The third-order valence-electron chi connectivity index (χ3n) is 2.12. The van der Waals surface area contributed by atoms with E-state index in [9.17, 15) is 0 Å². The first-order valence-electron chi connectivity index (χ1n) is 4.07. The standard InChI is InChI=1S/C10Cl7/c11-2-1-3(12)6(13)5-4(2)7(14)9(16)10(17)8(5)15. The van der Waals surface area contributed by atoms with E-state index in [-0.39, 0.29) is 35.2 Å². The first-order chi connectivity index (χ1) is 7.86. The summed E-state index contributed by atoms with van der Waals surface area (Å²) in [6, 6.07) is 2.65. The van der Waals surface area contributed by atoms with Gasteiger partial charge >= 0.3 is 0 Å². The minimum absolute atomic E-state index is 0.103. The second-order valence-electron chi connectivity index (χ2n) is 3.07. The van der Waals surface area contributed by atoms with Crippen molar-refractivity contribution in [2.75, 3.05) is 0 Å². The molecule has 0 heterocycles. The van der Waals surface area contributed by atoms with Gasteiger partial charge in [0.2, 0.25) is 0 Å². The molecule has 0 N–H and O–H groups in total. The molecule has 0 bridgehead atoms. The van der Waals surface area contributed by atoms with Gasteiger partial charge in [0.15, 0.2) is 0 Å². The van der Waals surface area contributed by atoms with E-state index in [1.165, 1.54) is 0 Å². The van der Waals surface area contributed by atoms with Gasteiger partial charge in [-0.1, -0.05) is 81.2 Å². The number of hydrogen-bond donors (Lipinski definition) is 0. The van der Waals surface area contributed by atoms with Gasteiger partial charge in [-0.05, 0) is 0 Å². The van der Waals surface area contributed by atoms with E-state index in [2.05, 4.69) is 6.07 Å². The van der Waals surface area contributed by atoms with Crippen LogP contribution in [0.2, 0.25) is 35.2 Å². The summed E-state index contributed by atoms with van der Waals surface area (Å²) in [4.78, 5) is 0. The van der Waals surface area contributed by atoms with Gasteiger partial charge in [-0.3, -0.25) is 0 Å². The van der Waals surface area contributed by atoms with Gasteiger partial charge in [-0.25, -0.2) is 0 Å². The van der Waals surface area contributed by atoms with E-state index in [0.717, 1.165) is 0 Å². The molecule has 2 aromatic carbocycles. The maximum atomic E-state index is 6.06. The molecule has 0 saturated heterocycles. The molecule has 17 heavy (non-hydrogen) atoms. The van der Waals surface area contributed by atoms with Crippen LogP contribution >= 0.6 is 81.2 Å². The van der Waals surface area contributed by atoms with Crippen molar-refractivity contribution in [3.05, 3.63) is 41.2 Å². The first kappa shape index (κ1) is 14.1. The normalized spacial score (nSPS) is 11.2. The van der Waals surface area contributed by atoms with Crippen LogP contribution in [0.1, 0.15) is 0 Å². The summed E-state index contributed by atoms with van der Waals surface area (Å²) in [5.74, 6) is 0. The summed E-state index contributed by atoms with van der Waals surface area (Å²) >= 11 is 41.9. The molecule has 0 nitrogen and oxygen atoms in total. The predicted octanol–water partition coefficient (Wildman–Crippen LogP) is 7.21. The Morgan fingerprint density at radius 2 is 0.941 bits per heavy atom. The summed E-state index contributed by atoms with van der Waals surface area (Å²) in [6.45, 7) is 0. The van der Waals surface area contributed by atoms with Crippen molar-refractivity contribution < 1.29 is 0 Å². The minimum Gasteiger partial charge on any atom is -0.0829 e.